The van der Waals surface area contributed by atoms with Gasteiger partial charge in [0.15, 0.2) is 0 Å². The summed E-state index contributed by atoms with van der Waals surface area (Å²) < 4.78 is 0. The summed E-state index contributed by atoms with van der Waals surface area (Å²) in [6, 6.07) is 22.6. The van der Waals surface area contributed by atoms with Crippen LogP contribution in [-0.2, 0) is 11.2 Å². The topological polar surface area (TPSA) is 29.1 Å². The third kappa shape index (κ3) is 6.60. The van der Waals surface area contributed by atoms with Crippen molar-refractivity contribution in [3.05, 3.63) is 71.3 Å². The van der Waals surface area contributed by atoms with E-state index in [2.05, 4.69) is 67.0 Å². The van der Waals surface area contributed by atoms with Crippen LogP contribution in [0.3, 0.4) is 0 Å². The molecular formula is C27H35NOSi. The lowest BCUT2D eigenvalue weighted by molar-refractivity contribution is -0.116. The van der Waals surface area contributed by atoms with E-state index < -0.39 is 8.07 Å². The van der Waals surface area contributed by atoms with Crippen LogP contribution in [0.25, 0.3) is 0 Å². The summed E-state index contributed by atoms with van der Waals surface area (Å²) in [6.45, 7) is 4.35. The third-order valence-corrected chi connectivity index (χ3v) is 10.9. The van der Waals surface area contributed by atoms with E-state index in [0.29, 0.717) is 0 Å². The second-order valence-electron chi connectivity index (χ2n) is 8.82. The SMILES string of the molecule is CCCC[Si]1(C#CC(=O)NC(Cc2ccc(C)cc2)c2ccccc2)CCCCC1. The fraction of sp³-hybridized carbons (Fsp3) is 0.444. The predicted molar refractivity (Wildman–Crippen MR) is 129 cm³/mol. The van der Waals surface area contributed by atoms with Crippen molar-refractivity contribution in [1.82, 2.24) is 5.32 Å². The van der Waals surface area contributed by atoms with Gasteiger partial charge in [-0.15, -0.1) is 5.54 Å². The fourth-order valence-electron chi connectivity index (χ4n) is 4.46. The van der Waals surface area contributed by atoms with Gasteiger partial charge in [-0.1, -0.05) is 99.2 Å². The van der Waals surface area contributed by atoms with Gasteiger partial charge in [0.25, 0.3) is 5.91 Å². The molecule has 1 unspecified atom stereocenters. The zero-order chi connectivity index (χ0) is 21.2. The number of rotatable bonds is 7. The first-order chi connectivity index (χ1) is 14.6. The molecule has 3 rings (SSSR count). The quantitative estimate of drug-likeness (QED) is 0.411. The van der Waals surface area contributed by atoms with Crippen molar-refractivity contribution in [3.63, 3.8) is 0 Å². The molecule has 1 saturated heterocycles. The first-order valence-corrected chi connectivity index (χ1v) is 14.2. The van der Waals surface area contributed by atoms with Gasteiger partial charge in [-0.3, -0.25) is 4.79 Å². The molecule has 0 radical (unpaired) electrons. The van der Waals surface area contributed by atoms with Gasteiger partial charge in [-0.05, 0) is 48.5 Å². The highest BCUT2D eigenvalue weighted by Gasteiger charge is 2.32. The molecule has 0 aromatic heterocycles. The van der Waals surface area contributed by atoms with E-state index in [1.54, 1.807) is 0 Å². The molecule has 1 amide bonds. The molecule has 2 nitrogen and oxygen atoms in total. The van der Waals surface area contributed by atoms with Gasteiger partial charge >= 0.3 is 0 Å². The van der Waals surface area contributed by atoms with E-state index in [0.717, 1.165) is 12.0 Å². The largest absolute Gasteiger partial charge is 0.338 e. The minimum absolute atomic E-state index is 0.0599. The molecule has 158 valence electrons. The zero-order valence-electron chi connectivity index (χ0n) is 18.5. The second kappa shape index (κ2) is 11.2. The standard InChI is InChI=1S/C27H35NOSi/c1-3-4-18-30(19-9-6-10-20-30)21-17-27(29)28-26(25-11-7-5-8-12-25)22-24-15-13-23(2)14-16-24/h5,7-8,11-16,26H,3-4,6,9-10,18-20,22H2,1-2H3,(H,28,29). The summed E-state index contributed by atoms with van der Waals surface area (Å²) in [5, 5.41) is 3.22. The molecule has 2 aromatic rings. The van der Waals surface area contributed by atoms with Gasteiger partial charge in [-0.2, -0.15) is 0 Å². The Kier molecular flexibility index (Phi) is 8.34. The number of carbonyl (C=O) groups excluding carboxylic acids is 1. The lowest BCUT2D eigenvalue weighted by atomic mass is 9.98. The van der Waals surface area contributed by atoms with Crippen LogP contribution in [-0.4, -0.2) is 14.0 Å². The van der Waals surface area contributed by atoms with Gasteiger partial charge in [0, 0.05) is 0 Å². The minimum atomic E-state index is -1.60. The lowest BCUT2D eigenvalue weighted by Crippen LogP contribution is -2.36. The molecule has 0 saturated carbocycles. The van der Waals surface area contributed by atoms with Crippen molar-refractivity contribution in [1.29, 1.82) is 0 Å². The highest BCUT2D eigenvalue weighted by atomic mass is 28.3. The first-order valence-electron chi connectivity index (χ1n) is 11.5. The molecule has 3 heteroatoms. The van der Waals surface area contributed by atoms with Gasteiger partial charge < -0.3 is 5.32 Å². The number of aryl methyl sites for hydroxylation is 1. The number of carbonyl (C=O) groups is 1. The number of benzene rings is 2. The van der Waals surface area contributed by atoms with E-state index in [1.165, 1.54) is 61.4 Å². The minimum Gasteiger partial charge on any atom is -0.338 e. The van der Waals surface area contributed by atoms with Crippen molar-refractivity contribution in [2.75, 3.05) is 0 Å². The number of unbranched alkanes of at least 4 members (excludes halogenated alkanes) is 1. The summed E-state index contributed by atoms with van der Waals surface area (Å²) in [4.78, 5) is 12.9. The Morgan fingerprint density at radius 1 is 1.03 bits per heavy atom. The molecule has 1 fully saturated rings. The van der Waals surface area contributed by atoms with Crippen LogP contribution in [0.5, 0.6) is 0 Å². The maximum absolute atomic E-state index is 12.9. The number of nitrogens with one attached hydrogen (secondary N) is 1. The summed E-state index contributed by atoms with van der Waals surface area (Å²) >= 11 is 0. The Bertz CT molecular complexity index is 857. The summed E-state index contributed by atoms with van der Waals surface area (Å²) in [5.41, 5.74) is 7.18. The summed E-state index contributed by atoms with van der Waals surface area (Å²) in [6.07, 6.45) is 7.17. The molecule has 0 bridgehead atoms. The molecule has 30 heavy (non-hydrogen) atoms. The maximum Gasteiger partial charge on any atom is 0.295 e. The zero-order valence-corrected chi connectivity index (χ0v) is 19.5. The second-order valence-corrected chi connectivity index (χ2v) is 13.1. The van der Waals surface area contributed by atoms with Gasteiger partial charge in [0.2, 0.25) is 0 Å². The number of hydrogen-bond acceptors (Lipinski definition) is 1. The number of amides is 1. The molecule has 0 aliphatic carbocycles. The van der Waals surface area contributed by atoms with Crippen molar-refractivity contribution in [2.24, 2.45) is 0 Å². The molecule has 1 N–H and O–H groups in total. The van der Waals surface area contributed by atoms with E-state index in [-0.39, 0.29) is 11.9 Å². The highest BCUT2D eigenvalue weighted by molar-refractivity contribution is 6.87. The van der Waals surface area contributed by atoms with E-state index in [1.807, 2.05) is 18.2 Å². The molecule has 0 spiro atoms. The monoisotopic (exact) mass is 417 g/mol. The maximum atomic E-state index is 12.9. The normalized spacial score (nSPS) is 16.2. The third-order valence-electron chi connectivity index (χ3n) is 6.33. The van der Waals surface area contributed by atoms with Crippen LogP contribution in [0.4, 0.5) is 0 Å². The van der Waals surface area contributed by atoms with Crippen LogP contribution in [0.15, 0.2) is 54.6 Å². The van der Waals surface area contributed by atoms with Crippen molar-refractivity contribution < 1.29 is 4.79 Å². The first kappa shape index (κ1) is 22.4. The Labute approximate surface area is 183 Å². The van der Waals surface area contributed by atoms with Crippen molar-refractivity contribution in [2.45, 2.75) is 76.5 Å². The van der Waals surface area contributed by atoms with Crippen LogP contribution in [0.1, 0.15) is 61.8 Å². The Morgan fingerprint density at radius 2 is 1.73 bits per heavy atom. The lowest BCUT2D eigenvalue weighted by Gasteiger charge is -2.30. The van der Waals surface area contributed by atoms with Crippen LogP contribution < -0.4 is 5.32 Å². The van der Waals surface area contributed by atoms with Crippen LogP contribution in [0, 0.1) is 18.4 Å². The van der Waals surface area contributed by atoms with Gasteiger partial charge in [-0.25, -0.2) is 0 Å². The van der Waals surface area contributed by atoms with Crippen LogP contribution in [0.2, 0.25) is 18.1 Å². The molecule has 1 aliphatic heterocycles. The fourth-order valence-corrected chi connectivity index (χ4v) is 8.85. The molecule has 1 aliphatic rings. The smallest absolute Gasteiger partial charge is 0.295 e. The Hall–Kier alpha value is -2.31. The van der Waals surface area contributed by atoms with Gasteiger partial charge in [0.05, 0.1) is 6.04 Å². The predicted octanol–water partition coefficient (Wildman–Crippen LogP) is 6.37. The average Bonchev–Trinajstić information content (AvgIpc) is 2.79. The molecule has 1 heterocycles. The number of hydrogen-bond donors (Lipinski definition) is 1. The average molecular weight is 418 g/mol. The van der Waals surface area contributed by atoms with Crippen LogP contribution >= 0.6 is 0 Å². The molecule has 1 atom stereocenters. The highest BCUT2D eigenvalue weighted by Crippen LogP contribution is 2.32. The van der Waals surface area contributed by atoms with Crippen molar-refractivity contribution in [3.8, 4) is 11.5 Å². The molecule has 2 aromatic carbocycles. The van der Waals surface area contributed by atoms with Crippen molar-refractivity contribution >= 4 is 14.0 Å². The Morgan fingerprint density at radius 3 is 2.40 bits per heavy atom. The summed E-state index contributed by atoms with van der Waals surface area (Å²) in [7, 11) is -1.60. The van der Waals surface area contributed by atoms with Gasteiger partial charge in [0.1, 0.15) is 8.07 Å². The van der Waals surface area contributed by atoms with E-state index in [9.17, 15) is 4.79 Å². The van der Waals surface area contributed by atoms with E-state index >= 15 is 0 Å². The Balaban J connectivity index is 1.74. The molecular weight excluding hydrogens is 382 g/mol. The van der Waals surface area contributed by atoms with E-state index in [4.69, 9.17) is 0 Å². The summed E-state index contributed by atoms with van der Waals surface area (Å²) in [5.74, 6) is 2.94.